The number of methoxy groups -OCH3 is 3. The van der Waals surface area contributed by atoms with Gasteiger partial charge in [-0.25, -0.2) is 0 Å². The van der Waals surface area contributed by atoms with Crippen molar-refractivity contribution in [3.05, 3.63) is 40.1 Å². The summed E-state index contributed by atoms with van der Waals surface area (Å²) >= 11 is 1.65. The van der Waals surface area contributed by atoms with Crippen molar-refractivity contribution < 1.29 is 23.8 Å². The number of hydrogen-bond donors (Lipinski definition) is 2. The van der Waals surface area contributed by atoms with Gasteiger partial charge < -0.3 is 24.8 Å². The van der Waals surface area contributed by atoms with Gasteiger partial charge in [0.1, 0.15) is 0 Å². The van der Waals surface area contributed by atoms with Gasteiger partial charge in [-0.15, -0.1) is 11.3 Å². The van der Waals surface area contributed by atoms with Crippen LogP contribution in [0.15, 0.2) is 29.6 Å². The Hall–Kier alpha value is -2.74. The van der Waals surface area contributed by atoms with Gasteiger partial charge in [-0.3, -0.25) is 9.59 Å². The van der Waals surface area contributed by atoms with Gasteiger partial charge in [-0.2, -0.15) is 0 Å². The molecule has 1 aromatic heterocycles. The molecule has 0 radical (unpaired) electrons. The number of carbonyl (C=O) groups excluding carboxylic acids is 2. The lowest BCUT2D eigenvalue weighted by Crippen LogP contribution is -2.37. The summed E-state index contributed by atoms with van der Waals surface area (Å²) in [5, 5.41) is 7.35. The third-order valence-electron chi connectivity index (χ3n) is 3.61. The van der Waals surface area contributed by atoms with Crippen molar-refractivity contribution in [1.29, 1.82) is 0 Å². The van der Waals surface area contributed by atoms with Crippen molar-refractivity contribution in [2.24, 2.45) is 0 Å². The van der Waals surface area contributed by atoms with Crippen LogP contribution in [0.5, 0.6) is 17.2 Å². The number of rotatable bonds is 9. The molecule has 0 spiro atoms. The van der Waals surface area contributed by atoms with Crippen molar-refractivity contribution in [3.63, 3.8) is 0 Å². The maximum absolute atomic E-state index is 12.3. The third-order valence-corrected chi connectivity index (χ3v) is 4.55. The summed E-state index contributed by atoms with van der Waals surface area (Å²) in [6, 6.07) is 7.05. The molecule has 0 fully saturated rings. The van der Waals surface area contributed by atoms with Crippen LogP contribution in [0.3, 0.4) is 0 Å². The summed E-state index contributed by atoms with van der Waals surface area (Å²) in [4.78, 5) is 25.4. The Morgan fingerprint density at radius 3 is 2.27 bits per heavy atom. The van der Waals surface area contributed by atoms with Crippen molar-refractivity contribution in [2.45, 2.75) is 6.42 Å². The summed E-state index contributed by atoms with van der Waals surface area (Å²) in [5.74, 6) is 0.493. The zero-order valence-corrected chi connectivity index (χ0v) is 15.8. The average molecular weight is 378 g/mol. The Morgan fingerprint density at radius 1 is 1.04 bits per heavy atom. The van der Waals surface area contributed by atoms with Crippen LogP contribution in [0, 0.1) is 0 Å². The fourth-order valence-electron chi connectivity index (χ4n) is 2.32. The molecule has 26 heavy (non-hydrogen) atoms. The fourth-order valence-corrected chi connectivity index (χ4v) is 3.03. The largest absolute Gasteiger partial charge is 0.493 e. The van der Waals surface area contributed by atoms with Gasteiger partial charge in [0.05, 0.1) is 27.9 Å². The molecule has 1 heterocycles. The zero-order chi connectivity index (χ0) is 18.9. The van der Waals surface area contributed by atoms with E-state index < -0.39 is 5.91 Å². The highest BCUT2D eigenvalue weighted by Gasteiger charge is 2.17. The minimum absolute atomic E-state index is 0.111. The second-order valence-corrected chi connectivity index (χ2v) is 6.31. The Bertz CT molecular complexity index is 721. The van der Waals surface area contributed by atoms with Crippen LogP contribution < -0.4 is 24.8 Å². The van der Waals surface area contributed by atoms with E-state index in [9.17, 15) is 9.59 Å². The van der Waals surface area contributed by atoms with E-state index in [4.69, 9.17) is 14.2 Å². The van der Waals surface area contributed by atoms with Gasteiger partial charge in [0.2, 0.25) is 11.7 Å². The maximum atomic E-state index is 12.3. The lowest BCUT2D eigenvalue weighted by atomic mass is 10.1. The molecule has 0 aliphatic carbocycles. The average Bonchev–Trinajstić information content (AvgIpc) is 3.18. The quantitative estimate of drug-likeness (QED) is 0.696. The Labute approximate surface area is 156 Å². The predicted octanol–water partition coefficient (Wildman–Crippen LogP) is 1.86. The Kier molecular flexibility index (Phi) is 7.28. The minimum atomic E-state index is -0.405. The lowest BCUT2D eigenvalue weighted by Gasteiger charge is -2.14. The first-order valence-electron chi connectivity index (χ1n) is 7.96. The van der Waals surface area contributed by atoms with Gasteiger partial charge >= 0.3 is 0 Å². The van der Waals surface area contributed by atoms with E-state index in [0.29, 0.717) is 29.4 Å². The molecule has 2 aromatic rings. The van der Waals surface area contributed by atoms with E-state index in [1.165, 1.54) is 38.3 Å². The monoisotopic (exact) mass is 378 g/mol. The molecular weight excluding hydrogens is 356 g/mol. The van der Waals surface area contributed by atoms with E-state index >= 15 is 0 Å². The van der Waals surface area contributed by atoms with Gasteiger partial charge in [0, 0.05) is 17.0 Å². The molecule has 8 heteroatoms. The number of carbonyl (C=O) groups is 2. The van der Waals surface area contributed by atoms with E-state index in [-0.39, 0.29) is 12.5 Å². The van der Waals surface area contributed by atoms with Gasteiger partial charge in [-0.05, 0) is 30.0 Å². The van der Waals surface area contributed by atoms with Crippen molar-refractivity contribution in [2.75, 3.05) is 34.4 Å². The lowest BCUT2D eigenvalue weighted by molar-refractivity contribution is -0.120. The minimum Gasteiger partial charge on any atom is -0.493 e. The number of ether oxygens (including phenoxy) is 3. The highest BCUT2D eigenvalue weighted by molar-refractivity contribution is 7.09. The van der Waals surface area contributed by atoms with Crippen molar-refractivity contribution >= 4 is 23.2 Å². The SMILES string of the molecule is COc1cc(C(=O)NCC(=O)NCCc2cccs2)cc(OC)c1OC. The van der Waals surface area contributed by atoms with Crippen LogP contribution >= 0.6 is 11.3 Å². The maximum Gasteiger partial charge on any atom is 0.251 e. The van der Waals surface area contributed by atoms with E-state index in [1.54, 1.807) is 11.3 Å². The Balaban J connectivity index is 1.89. The molecule has 2 rings (SSSR count). The number of benzene rings is 1. The number of nitrogens with one attached hydrogen (secondary N) is 2. The van der Waals surface area contributed by atoms with Gasteiger partial charge in [-0.1, -0.05) is 6.07 Å². The van der Waals surface area contributed by atoms with Gasteiger partial charge in [0.25, 0.3) is 5.91 Å². The molecule has 0 unspecified atom stereocenters. The third kappa shape index (κ3) is 5.13. The summed E-state index contributed by atoms with van der Waals surface area (Å²) in [7, 11) is 4.43. The first kappa shape index (κ1) is 19.6. The van der Waals surface area contributed by atoms with Crippen LogP contribution in [-0.2, 0) is 11.2 Å². The molecule has 2 amide bonds. The summed E-state index contributed by atoms with van der Waals surface area (Å²) in [6.07, 6.45) is 0.768. The normalized spacial score (nSPS) is 10.1. The van der Waals surface area contributed by atoms with Crippen molar-refractivity contribution in [3.8, 4) is 17.2 Å². The Morgan fingerprint density at radius 2 is 1.73 bits per heavy atom. The van der Waals surface area contributed by atoms with Crippen LogP contribution in [0.1, 0.15) is 15.2 Å². The molecule has 1 aromatic carbocycles. The van der Waals surface area contributed by atoms with Crippen LogP contribution in [0.2, 0.25) is 0 Å². The van der Waals surface area contributed by atoms with E-state index in [1.807, 2.05) is 17.5 Å². The standard InChI is InChI=1S/C18H22N2O5S/c1-23-14-9-12(10-15(24-2)17(14)25-3)18(22)20-11-16(21)19-7-6-13-5-4-8-26-13/h4-5,8-10H,6-7,11H2,1-3H3,(H,19,21)(H,20,22). The second kappa shape index (κ2) is 9.67. The van der Waals surface area contributed by atoms with E-state index in [0.717, 1.165) is 6.42 Å². The fraction of sp³-hybridized carbons (Fsp3) is 0.333. The second-order valence-electron chi connectivity index (χ2n) is 5.28. The van der Waals surface area contributed by atoms with Crippen LogP contribution in [0.4, 0.5) is 0 Å². The van der Waals surface area contributed by atoms with Crippen LogP contribution in [-0.4, -0.2) is 46.2 Å². The number of amides is 2. The summed E-state index contributed by atoms with van der Waals surface area (Å²) in [6.45, 7) is 0.416. The zero-order valence-electron chi connectivity index (χ0n) is 15.0. The van der Waals surface area contributed by atoms with Crippen molar-refractivity contribution in [1.82, 2.24) is 10.6 Å². The first-order chi connectivity index (χ1) is 12.6. The summed E-state index contributed by atoms with van der Waals surface area (Å²) in [5.41, 5.74) is 0.311. The first-order valence-corrected chi connectivity index (χ1v) is 8.84. The molecule has 7 nitrogen and oxygen atoms in total. The molecule has 0 saturated carbocycles. The smallest absolute Gasteiger partial charge is 0.251 e. The van der Waals surface area contributed by atoms with Crippen LogP contribution in [0.25, 0.3) is 0 Å². The topological polar surface area (TPSA) is 85.9 Å². The molecule has 0 aliphatic rings. The molecular formula is C18H22N2O5S. The molecule has 2 N–H and O–H groups in total. The van der Waals surface area contributed by atoms with E-state index in [2.05, 4.69) is 10.6 Å². The van der Waals surface area contributed by atoms with Gasteiger partial charge in [0.15, 0.2) is 11.5 Å². The molecule has 0 bridgehead atoms. The highest BCUT2D eigenvalue weighted by Crippen LogP contribution is 2.38. The molecule has 0 saturated heterocycles. The number of hydrogen-bond acceptors (Lipinski definition) is 6. The predicted molar refractivity (Wildman–Crippen MR) is 99.5 cm³/mol. The molecule has 0 atom stereocenters. The molecule has 0 aliphatic heterocycles. The number of thiophene rings is 1. The molecule has 140 valence electrons. The summed E-state index contributed by atoms with van der Waals surface area (Å²) < 4.78 is 15.7. The highest BCUT2D eigenvalue weighted by atomic mass is 32.1.